The van der Waals surface area contributed by atoms with Crippen molar-refractivity contribution < 1.29 is 0 Å². The van der Waals surface area contributed by atoms with Crippen LogP contribution < -0.4 is 5.73 Å². The number of nitrogens with two attached hydrogens (primary N) is 1. The van der Waals surface area contributed by atoms with E-state index in [1.54, 1.807) is 0 Å². The second kappa shape index (κ2) is 5.56. The first-order valence-electron chi connectivity index (χ1n) is 5.45. The highest BCUT2D eigenvalue weighted by molar-refractivity contribution is 7.99. The van der Waals surface area contributed by atoms with Gasteiger partial charge in [-0.25, -0.2) is 0 Å². The van der Waals surface area contributed by atoms with Crippen LogP contribution in [0.3, 0.4) is 0 Å². The minimum absolute atomic E-state index is 0.586. The fourth-order valence-electron chi connectivity index (χ4n) is 1.44. The van der Waals surface area contributed by atoms with E-state index in [1.807, 2.05) is 30.4 Å². The van der Waals surface area contributed by atoms with Crippen molar-refractivity contribution in [1.29, 1.82) is 0 Å². The van der Waals surface area contributed by atoms with Gasteiger partial charge in [0.2, 0.25) is 0 Å². The van der Waals surface area contributed by atoms with Crippen molar-refractivity contribution >= 4 is 11.8 Å². The fourth-order valence-corrected chi connectivity index (χ4v) is 2.75. The Hall–Kier alpha value is -0.480. The third-order valence-corrected chi connectivity index (χ3v) is 4.21. The van der Waals surface area contributed by atoms with Crippen molar-refractivity contribution in [1.82, 2.24) is 9.78 Å². The average molecular weight is 227 g/mol. The molecule has 0 radical (unpaired) electrons. The van der Waals surface area contributed by atoms with Gasteiger partial charge in [-0.3, -0.25) is 4.68 Å². The molecule has 4 heteroatoms. The van der Waals surface area contributed by atoms with Gasteiger partial charge in [0, 0.05) is 24.9 Å². The molecule has 0 aliphatic carbocycles. The molecule has 2 N–H and O–H groups in total. The lowest BCUT2D eigenvalue weighted by Crippen LogP contribution is -2.02. The Bertz CT molecular complexity index is 320. The normalized spacial score (nSPS) is 13.1. The Morgan fingerprint density at radius 3 is 2.73 bits per heavy atom. The van der Waals surface area contributed by atoms with E-state index in [0.717, 1.165) is 17.4 Å². The SMILES string of the molecule is CCC(C)CSc1c(CN)c(C)nn1C. The zero-order valence-electron chi connectivity index (χ0n) is 10.1. The van der Waals surface area contributed by atoms with Gasteiger partial charge < -0.3 is 5.73 Å². The highest BCUT2D eigenvalue weighted by Gasteiger charge is 2.12. The first kappa shape index (κ1) is 12.6. The van der Waals surface area contributed by atoms with Gasteiger partial charge in [-0.2, -0.15) is 5.10 Å². The second-order valence-corrected chi connectivity index (χ2v) is 5.03. The number of aryl methyl sites for hydroxylation is 2. The molecule has 0 saturated carbocycles. The van der Waals surface area contributed by atoms with Crippen molar-refractivity contribution in [2.24, 2.45) is 18.7 Å². The molecule has 0 aromatic carbocycles. The number of nitrogens with zero attached hydrogens (tertiary/aromatic N) is 2. The Morgan fingerprint density at radius 2 is 2.20 bits per heavy atom. The van der Waals surface area contributed by atoms with Gasteiger partial charge in [0.05, 0.1) is 10.7 Å². The van der Waals surface area contributed by atoms with Crippen LogP contribution in [0.1, 0.15) is 31.5 Å². The largest absolute Gasteiger partial charge is 0.326 e. The van der Waals surface area contributed by atoms with Gasteiger partial charge in [-0.05, 0) is 12.8 Å². The maximum Gasteiger partial charge on any atom is 0.0984 e. The Labute approximate surface area is 96.4 Å². The summed E-state index contributed by atoms with van der Waals surface area (Å²) in [6.07, 6.45) is 1.22. The Balaban J connectivity index is 2.75. The van der Waals surface area contributed by atoms with Crippen LogP contribution in [0, 0.1) is 12.8 Å². The van der Waals surface area contributed by atoms with Gasteiger partial charge in [-0.1, -0.05) is 20.3 Å². The van der Waals surface area contributed by atoms with Gasteiger partial charge in [0.1, 0.15) is 0 Å². The molecule has 1 atom stereocenters. The van der Waals surface area contributed by atoms with E-state index in [1.165, 1.54) is 17.0 Å². The van der Waals surface area contributed by atoms with Crippen LogP contribution in [-0.4, -0.2) is 15.5 Å². The van der Waals surface area contributed by atoms with Gasteiger partial charge in [0.25, 0.3) is 0 Å². The Morgan fingerprint density at radius 1 is 1.53 bits per heavy atom. The third-order valence-electron chi connectivity index (χ3n) is 2.69. The van der Waals surface area contributed by atoms with Gasteiger partial charge in [-0.15, -0.1) is 11.8 Å². The summed E-state index contributed by atoms with van der Waals surface area (Å²) < 4.78 is 1.95. The van der Waals surface area contributed by atoms with Crippen molar-refractivity contribution in [3.63, 3.8) is 0 Å². The quantitative estimate of drug-likeness (QED) is 0.785. The maximum absolute atomic E-state index is 5.74. The summed E-state index contributed by atoms with van der Waals surface area (Å²) in [4.78, 5) is 0. The molecule has 0 bridgehead atoms. The minimum atomic E-state index is 0.586. The van der Waals surface area contributed by atoms with E-state index in [9.17, 15) is 0 Å². The monoisotopic (exact) mass is 227 g/mol. The molecule has 3 nitrogen and oxygen atoms in total. The molecular formula is C11H21N3S. The zero-order chi connectivity index (χ0) is 11.4. The Kier molecular flexibility index (Phi) is 4.67. The molecule has 15 heavy (non-hydrogen) atoms. The van der Waals surface area contributed by atoms with Crippen molar-refractivity contribution in [2.75, 3.05) is 5.75 Å². The summed E-state index contributed by atoms with van der Waals surface area (Å²) in [5.41, 5.74) is 8.00. The molecule has 0 aliphatic heterocycles. The predicted octanol–water partition coefficient (Wildman–Crippen LogP) is 2.33. The van der Waals surface area contributed by atoms with Crippen molar-refractivity contribution in [3.8, 4) is 0 Å². The van der Waals surface area contributed by atoms with Gasteiger partial charge >= 0.3 is 0 Å². The molecule has 0 saturated heterocycles. The topological polar surface area (TPSA) is 43.8 Å². The smallest absolute Gasteiger partial charge is 0.0984 e. The summed E-state index contributed by atoms with van der Waals surface area (Å²) >= 11 is 1.87. The second-order valence-electron chi connectivity index (χ2n) is 4.02. The highest BCUT2D eigenvalue weighted by Crippen LogP contribution is 2.26. The van der Waals surface area contributed by atoms with Crippen molar-refractivity contribution in [3.05, 3.63) is 11.3 Å². The molecule has 0 spiro atoms. The van der Waals surface area contributed by atoms with Crippen LogP contribution >= 0.6 is 11.8 Å². The fraction of sp³-hybridized carbons (Fsp3) is 0.727. The van der Waals surface area contributed by atoms with Crippen LogP contribution in [0.5, 0.6) is 0 Å². The summed E-state index contributed by atoms with van der Waals surface area (Å²) in [6, 6.07) is 0. The number of thioether (sulfide) groups is 1. The third kappa shape index (κ3) is 2.98. The lowest BCUT2D eigenvalue weighted by Gasteiger charge is -2.09. The van der Waals surface area contributed by atoms with Crippen LogP contribution in [0.2, 0.25) is 0 Å². The summed E-state index contributed by atoms with van der Waals surface area (Å²) in [5.74, 6) is 1.89. The molecule has 0 amide bonds. The number of aromatic nitrogens is 2. The van der Waals surface area contributed by atoms with E-state index in [-0.39, 0.29) is 0 Å². The zero-order valence-corrected chi connectivity index (χ0v) is 10.9. The first-order valence-corrected chi connectivity index (χ1v) is 6.44. The minimum Gasteiger partial charge on any atom is -0.326 e. The standard InChI is InChI=1S/C11H21N3S/c1-5-8(2)7-15-11-10(6-12)9(3)13-14(11)4/h8H,5-7,12H2,1-4H3. The summed E-state index contributed by atoms with van der Waals surface area (Å²) in [5, 5.41) is 5.63. The van der Waals surface area contributed by atoms with E-state index in [0.29, 0.717) is 6.54 Å². The van der Waals surface area contributed by atoms with Crippen LogP contribution in [0.4, 0.5) is 0 Å². The number of rotatable bonds is 5. The number of hydrogen-bond acceptors (Lipinski definition) is 3. The van der Waals surface area contributed by atoms with E-state index in [2.05, 4.69) is 18.9 Å². The van der Waals surface area contributed by atoms with E-state index >= 15 is 0 Å². The summed E-state index contributed by atoms with van der Waals surface area (Å²) in [7, 11) is 1.99. The molecule has 1 heterocycles. The molecular weight excluding hydrogens is 206 g/mol. The average Bonchev–Trinajstić information content (AvgIpc) is 2.49. The highest BCUT2D eigenvalue weighted by atomic mass is 32.2. The van der Waals surface area contributed by atoms with E-state index < -0.39 is 0 Å². The predicted molar refractivity (Wildman–Crippen MR) is 66.0 cm³/mol. The molecule has 1 rings (SSSR count). The number of hydrogen-bond donors (Lipinski definition) is 1. The molecule has 1 aromatic heterocycles. The summed E-state index contributed by atoms with van der Waals surface area (Å²) in [6.45, 7) is 7.11. The lowest BCUT2D eigenvalue weighted by molar-refractivity contribution is 0.632. The first-order chi connectivity index (χ1) is 7.10. The molecule has 1 unspecified atom stereocenters. The van der Waals surface area contributed by atoms with E-state index in [4.69, 9.17) is 5.73 Å². The molecule has 86 valence electrons. The molecule has 0 fully saturated rings. The van der Waals surface area contributed by atoms with Crippen LogP contribution in [-0.2, 0) is 13.6 Å². The van der Waals surface area contributed by atoms with Crippen LogP contribution in [0.15, 0.2) is 5.03 Å². The van der Waals surface area contributed by atoms with Crippen LogP contribution in [0.25, 0.3) is 0 Å². The lowest BCUT2D eigenvalue weighted by atomic mass is 10.2. The molecule has 1 aromatic rings. The maximum atomic E-state index is 5.74. The van der Waals surface area contributed by atoms with Gasteiger partial charge in [0.15, 0.2) is 0 Å². The van der Waals surface area contributed by atoms with Crippen molar-refractivity contribution in [2.45, 2.75) is 38.8 Å². The molecule has 0 aliphatic rings.